The largest absolute Gasteiger partial charge is 0.508 e. The van der Waals surface area contributed by atoms with Crippen LogP contribution < -0.4 is 0 Å². The van der Waals surface area contributed by atoms with Crippen LogP contribution in [0.15, 0.2) is 23.5 Å². The number of esters is 2. The van der Waals surface area contributed by atoms with Gasteiger partial charge in [-0.15, -0.1) is 11.8 Å². The average molecular weight is 580 g/mol. The van der Waals surface area contributed by atoms with Crippen molar-refractivity contribution in [3.63, 3.8) is 0 Å². The van der Waals surface area contributed by atoms with E-state index < -0.39 is 39.3 Å². The van der Waals surface area contributed by atoms with Crippen LogP contribution in [0.3, 0.4) is 0 Å². The molecule has 3 saturated carbocycles. The monoisotopic (exact) mass is 579 g/mol. The number of ether oxygens (including phenoxy) is 2. The van der Waals surface area contributed by atoms with Crippen molar-refractivity contribution < 1.29 is 33.8 Å². The molecule has 214 valence electrons. The maximum Gasteiger partial charge on any atom is 0.352 e. The summed E-state index contributed by atoms with van der Waals surface area (Å²) >= 11 is 7.35. The van der Waals surface area contributed by atoms with Gasteiger partial charge >= 0.3 is 11.9 Å². The van der Waals surface area contributed by atoms with Gasteiger partial charge in [0.15, 0.2) is 11.8 Å². The van der Waals surface area contributed by atoms with Crippen molar-refractivity contribution in [2.75, 3.05) is 11.8 Å². The lowest BCUT2D eigenvalue weighted by molar-refractivity contribution is -0.207. The van der Waals surface area contributed by atoms with E-state index in [0.29, 0.717) is 37.9 Å². The van der Waals surface area contributed by atoms with Crippen LogP contribution in [0.5, 0.6) is 0 Å². The van der Waals surface area contributed by atoms with Gasteiger partial charge < -0.3 is 19.5 Å². The molecule has 1 heterocycles. The Bertz CT molecular complexity index is 1180. The zero-order valence-electron chi connectivity index (χ0n) is 23.3. The smallest absolute Gasteiger partial charge is 0.352 e. The third kappa shape index (κ3) is 4.00. The number of allylic oxidation sites excluding steroid dienone is 3. The standard InChI is InChI=1S/C29H38ClNO7S/c1-16(32)31-22(14-39-26(31,2)3)24(35)38-29(25(36)37-15-30)11-9-20-19-7-6-17-12-18(33)13-23(34)28(17,5)21(19)8-10-27(20,29)4/h12-13,19-22,33H,6-11,14-15H2,1-5H3/t19?,20?,21?,22-,27?,28?,29?/m0/s1. The van der Waals surface area contributed by atoms with Crippen LogP contribution >= 0.6 is 23.4 Å². The van der Waals surface area contributed by atoms with Crippen molar-refractivity contribution in [2.24, 2.45) is 28.6 Å². The topological polar surface area (TPSA) is 110 Å². The van der Waals surface area contributed by atoms with Gasteiger partial charge in [-0.25, -0.2) is 9.59 Å². The van der Waals surface area contributed by atoms with Crippen LogP contribution in [-0.4, -0.2) is 62.0 Å². The van der Waals surface area contributed by atoms with Gasteiger partial charge in [-0.1, -0.05) is 24.1 Å². The number of halogens is 1. The van der Waals surface area contributed by atoms with Crippen LogP contribution in [0.4, 0.5) is 0 Å². The molecule has 0 bridgehead atoms. The quantitative estimate of drug-likeness (QED) is 0.370. The molecule has 7 atom stereocenters. The van der Waals surface area contributed by atoms with Gasteiger partial charge in [0.25, 0.3) is 0 Å². The van der Waals surface area contributed by atoms with Crippen molar-refractivity contribution in [1.82, 2.24) is 4.90 Å². The van der Waals surface area contributed by atoms with E-state index in [1.807, 2.05) is 27.7 Å². The predicted molar refractivity (Wildman–Crippen MR) is 147 cm³/mol. The Labute approximate surface area is 238 Å². The molecular formula is C29H38ClNO7S. The van der Waals surface area contributed by atoms with Crippen molar-refractivity contribution in [1.29, 1.82) is 0 Å². The molecule has 1 aliphatic heterocycles. The number of aliphatic hydroxyl groups excluding tert-OH is 1. The fraction of sp³-hybridized carbons (Fsp3) is 0.724. The number of carbonyl (C=O) groups is 4. The Morgan fingerprint density at radius 3 is 2.46 bits per heavy atom. The lowest BCUT2D eigenvalue weighted by atomic mass is 9.46. The second-order valence-corrected chi connectivity index (χ2v) is 14.5. The number of ketones is 1. The maximum absolute atomic E-state index is 13.8. The molecule has 1 N–H and O–H groups in total. The number of hydrogen-bond donors (Lipinski definition) is 1. The summed E-state index contributed by atoms with van der Waals surface area (Å²) in [6.07, 6.45) is 6.78. The summed E-state index contributed by atoms with van der Waals surface area (Å²) in [5, 5.41) is 10.1. The third-order valence-electron chi connectivity index (χ3n) is 10.7. The fourth-order valence-corrected chi connectivity index (χ4v) is 10.2. The molecule has 4 fully saturated rings. The van der Waals surface area contributed by atoms with Crippen LogP contribution in [0.25, 0.3) is 0 Å². The van der Waals surface area contributed by atoms with E-state index >= 15 is 0 Å². The summed E-state index contributed by atoms with van der Waals surface area (Å²) in [6.45, 7) is 9.23. The summed E-state index contributed by atoms with van der Waals surface area (Å²) in [7, 11) is 0. The highest BCUT2D eigenvalue weighted by Crippen LogP contribution is 2.68. The van der Waals surface area contributed by atoms with Crippen LogP contribution in [-0.2, 0) is 28.7 Å². The lowest BCUT2D eigenvalue weighted by Crippen LogP contribution is -2.61. The van der Waals surface area contributed by atoms with Gasteiger partial charge in [0.1, 0.15) is 11.8 Å². The van der Waals surface area contributed by atoms with Gasteiger partial charge in [0, 0.05) is 24.2 Å². The summed E-state index contributed by atoms with van der Waals surface area (Å²) in [5.74, 6) is -0.917. The molecule has 6 unspecified atom stereocenters. The molecule has 4 aliphatic carbocycles. The minimum Gasteiger partial charge on any atom is -0.508 e. The average Bonchev–Trinajstić information content (AvgIpc) is 3.34. The molecule has 0 aromatic heterocycles. The Kier molecular flexibility index (Phi) is 6.98. The Morgan fingerprint density at radius 1 is 1.10 bits per heavy atom. The minimum absolute atomic E-state index is 0.00930. The Balaban J connectivity index is 1.48. The first-order chi connectivity index (χ1) is 18.2. The molecule has 0 spiro atoms. The lowest BCUT2D eigenvalue weighted by Gasteiger charge is -2.57. The molecule has 10 heteroatoms. The highest BCUT2D eigenvalue weighted by atomic mass is 35.5. The van der Waals surface area contributed by atoms with Crippen molar-refractivity contribution in [3.8, 4) is 0 Å². The number of thioether (sulfide) groups is 1. The predicted octanol–water partition coefficient (Wildman–Crippen LogP) is 4.90. The Morgan fingerprint density at radius 2 is 1.79 bits per heavy atom. The number of fused-ring (bicyclic) bond motifs is 5. The SMILES string of the molecule is CC(=O)N1[C@H](C(=O)OC2(C(=O)OCCl)CCC3C4CCC5=CC(O)=CC(=O)C5(C)C4CCC32C)CSC1(C)C. The molecule has 1 saturated heterocycles. The molecule has 0 radical (unpaired) electrons. The first kappa shape index (κ1) is 28.5. The third-order valence-corrected chi connectivity index (χ3v) is 12.2. The number of alkyl halides is 1. The molecule has 5 aliphatic rings. The fourth-order valence-electron chi connectivity index (χ4n) is 8.82. The molecule has 0 aromatic carbocycles. The van der Waals surface area contributed by atoms with E-state index in [0.717, 1.165) is 12.0 Å². The van der Waals surface area contributed by atoms with Gasteiger partial charge in [0.2, 0.25) is 11.5 Å². The number of carbonyl (C=O) groups excluding carboxylic acids is 4. The Hall–Kier alpha value is -2.00. The summed E-state index contributed by atoms with van der Waals surface area (Å²) in [5.41, 5.74) is -1.97. The number of amides is 1. The van der Waals surface area contributed by atoms with Crippen molar-refractivity contribution in [3.05, 3.63) is 23.5 Å². The zero-order valence-corrected chi connectivity index (χ0v) is 24.8. The molecule has 1 amide bonds. The second-order valence-electron chi connectivity index (χ2n) is 12.7. The van der Waals surface area contributed by atoms with Crippen LogP contribution in [0.2, 0.25) is 0 Å². The van der Waals surface area contributed by atoms with Crippen LogP contribution in [0, 0.1) is 28.6 Å². The first-order valence-corrected chi connectivity index (χ1v) is 15.3. The minimum atomic E-state index is -1.53. The normalized spacial score (nSPS) is 40.6. The van der Waals surface area contributed by atoms with Gasteiger partial charge in [-0.05, 0) is 83.1 Å². The van der Waals surface area contributed by atoms with Gasteiger partial charge in [0.05, 0.1) is 10.3 Å². The molecule has 0 aromatic rings. The van der Waals surface area contributed by atoms with Crippen molar-refractivity contribution in [2.45, 2.75) is 89.7 Å². The van der Waals surface area contributed by atoms with E-state index in [1.54, 1.807) is 11.0 Å². The highest BCUT2D eigenvalue weighted by Gasteiger charge is 2.70. The van der Waals surface area contributed by atoms with E-state index in [9.17, 15) is 24.3 Å². The molecule has 8 nitrogen and oxygen atoms in total. The summed E-state index contributed by atoms with van der Waals surface area (Å²) < 4.78 is 11.6. The summed E-state index contributed by atoms with van der Waals surface area (Å²) in [4.78, 5) is 54.2. The van der Waals surface area contributed by atoms with E-state index in [4.69, 9.17) is 21.1 Å². The highest BCUT2D eigenvalue weighted by molar-refractivity contribution is 8.00. The van der Waals surface area contributed by atoms with E-state index in [2.05, 4.69) is 0 Å². The maximum atomic E-state index is 13.8. The second kappa shape index (κ2) is 9.54. The summed E-state index contributed by atoms with van der Waals surface area (Å²) in [6, 6.07) is -1.16. The van der Waals surface area contributed by atoms with E-state index in [1.165, 1.54) is 24.8 Å². The van der Waals surface area contributed by atoms with Crippen molar-refractivity contribution >= 4 is 47.0 Å². The molecular weight excluding hydrogens is 542 g/mol. The first-order valence-electron chi connectivity index (χ1n) is 13.8. The molecule has 5 rings (SSSR count). The zero-order chi connectivity index (χ0) is 28.5. The number of rotatable bonds is 4. The van der Waals surface area contributed by atoms with Gasteiger partial charge in [-0.2, -0.15) is 0 Å². The molecule has 39 heavy (non-hydrogen) atoms. The number of hydrogen-bond acceptors (Lipinski definition) is 8. The van der Waals surface area contributed by atoms with Gasteiger partial charge in [-0.3, -0.25) is 9.59 Å². The number of aliphatic hydroxyl groups is 1. The van der Waals surface area contributed by atoms with E-state index in [-0.39, 0.29) is 41.3 Å². The number of nitrogens with zero attached hydrogens (tertiary/aromatic N) is 1. The van der Waals surface area contributed by atoms with Crippen LogP contribution in [0.1, 0.15) is 73.1 Å².